The molecule has 0 aliphatic heterocycles. The standard InChI is InChI=1S/C8H7N3O3/c1-4-2-7(12)9-6-3-5(8(13)14)10-11(4)6/h2-3H,1H3,(H,9,12)(H,13,14). The highest BCUT2D eigenvalue weighted by molar-refractivity contribution is 5.86. The second-order valence-electron chi connectivity index (χ2n) is 2.91. The van der Waals surface area contributed by atoms with Crippen LogP contribution in [0, 0.1) is 6.92 Å². The zero-order valence-electron chi connectivity index (χ0n) is 7.31. The zero-order chi connectivity index (χ0) is 10.3. The van der Waals surface area contributed by atoms with Crippen LogP contribution in [0.4, 0.5) is 0 Å². The average molecular weight is 193 g/mol. The van der Waals surface area contributed by atoms with E-state index in [4.69, 9.17) is 5.11 Å². The van der Waals surface area contributed by atoms with E-state index in [0.29, 0.717) is 11.3 Å². The van der Waals surface area contributed by atoms with Crippen molar-refractivity contribution in [3.63, 3.8) is 0 Å². The van der Waals surface area contributed by atoms with E-state index in [2.05, 4.69) is 10.1 Å². The number of aromatic nitrogens is 3. The number of nitrogens with zero attached hydrogens (tertiary/aromatic N) is 2. The normalized spacial score (nSPS) is 10.6. The van der Waals surface area contributed by atoms with Gasteiger partial charge >= 0.3 is 5.97 Å². The molecule has 0 aromatic carbocycles. The first-order valence-corrected chi connectivity index (χ1v) is 3.91. The Morgan fingerprint density at radius 1 is 1.57 bits per heavy atom. The molecule has 0 spiro atoms. The van der Waals surface area contributed by atoms with Gasteiger partial charge in [0.25, 0.3) is 5.56 Å². The SMILES string of the molecule is Cc1cc(=O)[nH]c2cc(C(=O)O)nn12. The quantitative estimate of drug-likeness (QED) is 0.668. The fourth-order valence-corrected chi connectivity index (χ4v) is 1.26. The molecule has 2 rings (SSSR count). The molecule has 2 aromatic heterocycles. The van der Waals surface area contributed by atoms with Crippen LogP contribution in [-0.2, 0) is 0 Å². The predicted molar refractivity (Wildman–Crippen MR) is 47.5 cm³/mol. The van der Waals surface area contributed by atoms with Crippen LogP contribution in [0.5, 0.6) is 0 Å². The molecule has 0 amide bonds. The number of carboxylic acid groups (broad SMARTS) is 1. The number of fused-ring (bicyclic) bond motifs is 1. The fourth-order valence-electron chi connectivity index (χ4n) is 1.26. The van der Waals surface area contributed by atoms with Crippen molar-refractivity contribution < 1.29 is 9.90 Å². The van der Waals surface area contributed by atoms with Crippen molar-refractivity contribution in [3.8, 4) is 0 Å². The lowest BCUT2D eigenvalue weighted by atomic mass is 10.4. The molecule has 0 aliphatic rings. The molecule has 0 aliphatic carbocycles. The van der Waals surface area contributed by atoms with Gasteiger partial charge in [0.15, 0.2) is 5.69 Å². The van der Waals surface area contributed by atoms with Gasteiger partial charge in [-0.15, -0.1) is 0 Å². The highest BCUT2D eigenvalue weighted by Crippen LogP contribution is 2.03. The van der Waals surface area contributed by atoms with Crippen LogP contribution >= 0.6 is 0 Å². The van der Waals surface area contributed by atoms with Gasteiger partial charge in [0.05, 0.1) is 0 Å². The molecule has 72 valence electrons. The number of aromatic carboxylic acids is 1. The molecule has 14 heavy (non-hydrogen) atoms. The second-order valence-corrected chi connectivity index (χ2v) is 2.91. The molecule has 2 N–H and O–H groups in total. The molecule has 0 unspecified atom stereocenters. The Hall–Kier alpha value is -2.11. The summed E-state index contributed by atoms with van der Waals surface area (Å²) in [5, 5.41) is 12.5. The monoisotopic (exact) mass is 193 g/mol. The van der Waals surface area contributed by atoms with Crippen LogP contribution in [0.2, 0.25) is 0 Å². The number of aryl methyl sites for hydroxylation is 1. The van der Waals surface area contributed by atoms with E-state index in [0.717, 1.165) is 0 Å². The smallest absolute Gasteiger partial charge is 0.356 e. The molecule has 0 saturated carbocycles. The van der Waals surface area contributed by atoms with Crippen LogP contribution in [0.15, 0.2) is 16.9 Å². The Balaban J connectivity index is 2.83. The third-order valence-corrected chi connectivity index (χ3v) is 1.85. The van der Waals surface area contributed by atoms with E-state index in [1.165, 1.54) is 16.6 Å². The lowest BCUT2D eigenvalue weighted by Gasteiger charge is -1.95. The van der Waals surface area contributed by atoms with Crippen molar-refractivity contribution >= 4 is 11.6 Å². The molecule has 0 radical (unpaired) electrons. The van der Waals surface area contributed by atoms with E-state index >= 15 is 0 Å². The van der Waals surface area contributed by atoms with Gasteiger partial charge in [-0.05, 0) is 6.92 Å². The third-order valence-electron chi connectivity index (χ3n) is 1.85. The average Bonchev–Trinajstić information content (AvgIpc) is 2.47. The van der Waals surface area contributed by atoms with Crippen LogP contribution in [-0.4, -0.2) is 25.7 Å². The van der Waals surface area contributed by atoms with Gasteiger partial charge in [0.2, 0.25) is 0 Å². The van der Waals surface area contributed by atoms with Gasteiger partial charge in [-0.1, -0.05) is 0 Å². The van der Waals surface area contributed by atoms with Crippen molar-refractivity contribution in [2.45, 2.75) is 6.92 Å². The minimum Gasteiger partial charge on any atom is -0.476 e. The molecule has 0 fully saturated rings. The Kier molecular flexibility index (Phi) is 1.63. The Morgan fingerprint density at radius 2 is 2.29 bits per heavy atom. The number of nitrogens with one attached hydrogen (secondary N) is 1. The maximum atomic E-state index is 11.0. The molecule has 6 nitrogen and oxygen atoms in total. The van der Waals surface area contributed by atoms with Crippen LogP contribution in [0.25, 0.3) is 5.65 Å². The minimum absolute atomic E-state index is 0.0880. The molecule has 0 atom stereocenters. The summed E-state index contributed by atoms with van der Waals surface area (Å²) in [5.41, 5.74) is 0.616. The van der Waals surface area contributed by atoms with Crippen molar-refractivity contribution in [1.29, 1.82) is 0 Å². The van der Waals surface area contributed by atoms with E-state index in [-0.39, 0.29) is 11.3 Å². The van der Waals surface area contributed by atoms with Crippen molar-refractivity contribution in [3.05, 3.63) is 33.9 Å². The maximum Gasteiger partial charge on any atom is 0.356 e. The number of rotatable bonds is 1. The predicted octanol–water partition coefficient (Wildman–Crippen LogP) is 0.0292. The fraction of sp³-hybridized carbons (Fsp3) is 0.125. The number of hydrogen-bond donors (Lipinski definition) is 2. The lowest BCUT2D eigenvalue weighted by Crippen LogP contribution is -2.09. The maximum absolute atomic E-state index is 11.0. The Labute approximate surface area is 77.8 Å². The molecule has 0 bridgehead atoms. The lowest BCUT2D eigenvalue weighted by molar-refractivity contribution is 0.0690. The summed E-state index contributed by atoms with van der Waals surface area (Å²) in [6.07, 6.45) is 0. The summed E-state index contributed by atoms with van der Waals surface area (Å²) in [6, 6.07) is 2.67. The van der Waals surface area contributed by atoms with Crippen molar-refractivity contribution in [2.75, 3.05) is 0 Å². The molecular formula is C8H7N3O3. The number of carbonyl (C=O) groups is 1. The topological polar surface area (TPSA) is 87.5 Å². The van der Waals surface area contributed by atoms with Gasteiger partial charge in [-0.3, -0.25) is 4.79 Å². The number of hydrogen-bond acceptors (Lipinski definition) is 3. The molecule has 2 heterocycles. The molecule has 0 saturated heterocycles. The molecule has 2 aromatic rings. The Bertz CT molecular complexity index is 567. The largest absolute Gasteiger partial charge is 0.476 e. The first kappa shape index (κ1) is 8.49. The van der Waals surface area contributed by atoms with E-state index in [1.807, 2.05) is 0 Å². The van der Waals surface area contributed by atoms with Gasteiger partial charge in [0.1, 0.15) is 5.65 Å². The second kappa shape index (κ2) is 2.69. The molecule has 6 heteroatoms. The highest BCUT2D eigenvalue weighted by Gasteiger charge is 2.10. The van der Waals surface area contributed by atoms with Gasteiger partial charge in [0, 0.05) is 17.8 Å². The van der Waals surface area contributed by atoms with Gasteiger partial charge in [-0.25, -0.2) is 9.31 Å². The van der Waals surface area contributed by atoms with Crippen molar-refractivity contribution in [2.24, 2.45) is 0 Å². The third kappa shape index (κ3) is 1.17. The number of carboxylic acids is 1. The highest BCUT2D eigenvalue weighted by atomic mass is 16.4. The van der Waals surface area contributed by atoms with Gasteiger partial charge in [-0.2, -0.15) is 5.10 Å². The summed E-state index contributed by atoms with van der Waals surface area (Å²) in [7, 11) is 0. The summed E-state index contributed by atoms with van der Waals surface area (Å²) < 4.78 is 1.38. The number of aromatic amines is 1. The first-order chi connectivity index (χ1) is 6.58. The van der Waals surface area contributed by atoms with Crippen LogP contribution < -0.4 is 5.56 Å². The minimum atomic E-state index is -1.12. The van der Waals surface area contributed by atoms with E-state index < -0.39 is 5.97 Å². The first-order valence-electron chi connectivity index (χ1n) is 3.91. The van der Waals surface area contributed by atoms with E-state index in [9.17, 15) is 9.59 Å². The van der Waals surface area contributed by atoms with Crippen LogP contribution in [0.3, 0.4) is 0 Å². The summed E-state index contributed by atoms with van der Waals surface area (Å²) in [6.45, 7) is 1.68. The van der Waals surface area contributed by atoms with Crippen LogP contribution in [0.1, 0.15) is 16.2 Å². The summed E-state index contributed by atoms with van der Waals surface area (Å²) in [5.74, 6) is -1.12. The van der Waals surface area contributed by atoms with Gasteiger partial charge < -0.3 is 10.1 Å². The Morgan fingerprint density at radius 3 is 2.93 bits per heavy atom. The summed E-state index contributed by atoms with van der Waals surface area (Å²) in [4.78, 5) is 24.1. The van der Waals surface area contributed by atoms with E-state index in [1.54, 1.807) is 6.92 Å². The zero-order valence-corrected chi connectivity index (χ0v) is 7.31. The van der Waals surface area contributed by atoms with Crippen molar-refractivity contribution in [1.82, 2.24) is 14.6 Å². The molecular weight excluding hydrogens is 186 g/mol. The number of H-pyrrole nitrogens is 1. The summed E-state index contributed by atoms with van der Waals surface area (Å²) >= 11 is 0.